The third kappa shape index (κ3) is 2.71. The van der Waals surface area contributed by atoms with Crippen molar-refractivity contribution in [3.05, 3.63) is 28.4 Å². The van der Waals surface area contributed by atoms with Crippen LogP contribution in [0.4, 0.5) is 11.5 Å². The second kappa shape index (κ2) is 4.29. The van der Waals surface area contributed by atoms with Gasteiger partial charge < -0.3 is 10.2 Å². The van der Waals surface area contributed by atoms with Crippen molar-refractivity contribution < 1.29 is 4.92 Å². The van der Waals surface area contributed by atoms with Crippen LogP contribution in [0.1, 0.15) is 13.8 Å². The minimum Gasteiger partial charge on any atom is -0.353 e. The number of pyridine rings is 1. The molecule has 1 fully saturated rings. The molecule has 6 nitrogen and oxygen atoms in total. The second-order valence-electron chi connectivity index (χ2n) is 4.86. The topological polar surface area (TPSA) is 71.3 Å². The number of nitrogens with zero attached hydrogens (tertiary/aromatic N) is 3. The summed E-state index contributed by atoms with van der Waals surface area (Å²) in [5, 5.41) is 14.1. The highest BCUT2D eigenvalue weighted by molar-refractivity contribution is 5.47. The van der Waals surface area contributed by atoms with E-state index in [2.05, 4.69) is 29.0 Å². The fraction of sp³-hybridized carbons (Fsp3) is 0.545. The predicted molar refractivity (Wildman–Crippen MR) is 65.2 cm³/mol. The molecule has 92 valence electrons. The summed E-state index contributed by atoms with van der Waals surface area (Å²) in [4.78, 5) is 16.6. The van der Waals surface area contributed by atoms with E-state index >= 15 is 0 Å². The standard InChI is InChI=1S/C11H16N4O2/c1-11(2)8-14(6-5-13-11)10-7-9(15(16)17)3-4-12-10/h3-4,7,13H,5-6,8H2,1-2H3. The first-order valence-electron chi connectivity index (χ1n) is 5.58. The van der Waals surface area contributed by atoms with Gasteiger partial charge in [-0.25, -0.2) is 4.98 Å². The van der Waals surface area contributed by atoms with Crippen LogP contribution >= 0.6 is 0 Å². The van der Waals surface area contributed by atoms with Crippen molar-refractivity contribution in [1.82, 2.24) is 10.3 Å². The van der Waals surface area contributed by atoms with E-state index < -0.39 is 4.92 Å². The molecule has 0 amide bonds. The Kier molecular flexibility index (Phi) is 2.97. The maximum atomic E-state index is 10.7. The van der Waals surface area contributed by atoms with Crippen LogP contribution in [-0.4, -0.2) is 35.1 Å². The van der Waals surface area contributed by atoms with Gasteiger partial charge in [-0.3, -0.25) is 10.1 Å². The van der Waals surface area contributed by atoms with Gasteiger partial charge in [-0.2, -0.15) is 0 Å². The summed E-state index contributed by atoms with van der Waals surface area (Å²) in [5.41, 5.74) is 0.0937. The molecule has 2 heterocycles. The Morgan fingerprint density at radius 2 is 2.35 bits per heavy atom. The average Bonchev–Trinajstić information content (AvgIpc) is 2.28. The van der Waals surface area contributed by atoms with E-state index in [0.717, 1.165) is 19.6 Å². The molecule has 1 aromatic rings. The Bertz CT molecular complexity index is 433. The van der Waals surface area contributed by atoms with Crippen LogP contribution in [0.5, 0.6) is 0 Å². The van der Waals surface area contributed by atoms with E-state index in [9.17, 15) is 10.1 Å². The number of nitro groups is 1. The quantitative estimate of drug-likeness (QED) is 0.616. The molecule has 6 heteroatoms. The summed E-state index contributed by atoms with van der Waals surface area (Å²) in [7, 11) is 0. The largest absolute Gasteiger partial charge is 0.353 e. The SMILES string of the molecule is CC1(C)CN(c2cc([N+](=O)[O-])ccn2)CCN1. The van der Waals surface area contributed by atoms with Crippen LogP contribution in [0, 0.1) is 10.1 Å². The number of piperazine rings is 1. The molecule has 1 aromatic heterocycles. The van der Waals surface area contributed by atoms with Gasteiger partial charge in [0.25, 0.3) is 5.69 Å². The fourth-order valence-electron chi connectivity index (χ4n) is 2.03. The Labute approximate surface area is 99.8 Å². The fourth-order valence-corrected chi connectivity index (χ4v) is 2.03. The van der Waals surface area contributed by atoms with Gasteiger partial charge >= 0.3 is 0 Å². The van der Waals surface area contributed by atoms with Crippen molar-refractivity contribution in [2.24, 2.45) is 0 Å². The van der Waals surface area contributed by atoms with E-state index in [-0.39, 0.29) is 11.2 Å². The van der Waals surface area contributed by atoms with Crippen LogP contribution in [0.25, 0.3) is 0 Å². The highest BCUT2D eigenvalue weighted by Crippen LogP contribution is 2.21. The molecule has 1 N–H and O–H groups in total. The minimum absolute atomic E-state index is 0.00452. The second-order valence-corrected chi connectivity index (χ2v) is 4.86. The Morgan fingerprint density at radius 3 is 3.00 bits per heavy atom. The molecular weight excluding hydrogens is 220 g/mol. The number of nitrogens with one attached hydrogen (secondary N) is 1. The van der Waals surface area contributed by atoms with Gasteiger partial charge in [-0.15, -0.1) is 0 Å². The molecule has 0 atom stereocenters. The van der Waals surface area contributed by atoms with Crippen molar-refractivity contribution in [2.75, 3.05) is 24.5 Å². The molecule has 1 aliphatic rings. The monoisotopic (exact) mass is 236 g/mol. The Hall–Kier alpha value is -1.69. The van der Waals surface area contributed by atoms with Crippen LogP contribution in [-0.2, 0) is 0 Å². The molecule has 0 saturated carbocycles. The Morgan fingerprint density at radius 1 is 1.59 bits per heavy atom. The molecule has 1 saturated heterocycles. The van der Waals surface area contributed by atoms with Crippen LogP contribution in [0.2, 0.25) is 0 Å². The highest BCUT2D eigenvalue weighted by atomic mass is 16.6. The van der Waals surface area contributed by atoms with E-state index in [1.165, 1.54) is 18.3 Å². The summed E-state index contributed by atoms with van der Waals surface area (Å²) in [6.07, 6.45) is 1.49. The lowest BCUT2D eigenvalue weighted by molar-refractivity contribution is -0.384. The van der Waals surface area contributed by atoms with E-state index in [0.29, 0.717) is 5.82 Å². The zero-order chi connectivity index (χ0) is 12.5. The molecule has 0 aliphatic carbocycles. The number of hydrogen-bond acceptors (Lipinski definition) is 5. The van der Waals surface area contributed by atoms with Gasteiger partial charge in [0, 0.05) is 37.4 Å². The van der Waals surface area contributed by atoms with Crippen molar-refractivity contribution in [3.63, 3.8) is 0 Å². The number of anilines is 1. The average molecular weight is 236 g/mol. The third-order valence-corrected chi connectivity index (χ3v) is 2.84. The van der Waals surface area contributed by atoms with Gasteiger partial charge in [-0.1, -0.05) is 0 Å². The van der Waals surface area contributed by atoms with Crippen LogP contribution < -0.4 is 10.2 Å². The van der Waals surface area contributed by atoms with Crippen molar-refractivity contribution in [3.8, 4) is 0 Å². The summed E-state index contributed by atoms with van der Waals surface area (Å²) in [6, 6.07) is 2.94. The number of rotatable bonds is 2. The first kappa shape index (κ1) is 11.8. The van der Waals surface area contributed by atoms with Gasteiger partial charge in [0.05, 0.1) is 11.0 Å². The molecule has 0 aromatic carbocycles. The van der Waals surface area contributed by atoms with Gasteiger partial charge in [-0.05, 0) is 13.8 Å². The third-order valence-electron chi connectivity index (χ3n) is 2.84. The van der Waals surface area contributed by atoms with E-state index in [4.69, 9.17) is 0 Å². The summed E-state index contributed by atoms with van der Waals surface area (Å²) in [5.74, 6) is 0.675. The van der Waals surface area contributed by atoms with Crippen LogP contribution in [0.3, 0.4) is 0 Å². The number of aromatic nitrogens is 1. The Balaban J connectivity index is 2.22. The van der Waals surface area contributed by atoms with Crippen molar-refractivity contribution in [2.45, 2.75) is 19.4 Å². The van der Waals surface area contributed by atoms with E-state index in [1.807, 2.05) is 0 Å². The minimum atomic E-state index is -0.390. The zero-order valence-electron chi connectivity index (χ0n) is 10.0. The normalized spacial score (nSPS) is 19.1. The molecule has 0 bridgehead atoms. The molecule has 2 rings (SSSR count). The molecule has 0 unspecified atom stereocenters. The summed E-state index contributed by atoms with van der Waals surface area (Å²) in [6.45, 7) is 6.68. The summed E-state index contributed by atoms with van der Waals surface area (Å²) >= 11 is 0. The number of hydrogen-bond donors (Lipinski definition) is 1. The van der Waals surface area contributed by atoms with Gasteiger partial charge in [0.2, 0.25) is 0 Å². The van der Waals surface area contributed by atoms with Crippen molar-refractivity contribution in [1.29, 1.82) is 0 Å². The van der Waals surface area contributed by atoms with E-state index in [1.54, 1.807) is 0 Å². The lowest BCUT2D eigenvalue weighted by Gasteiger charge is -2.39. The molecule has 1 aliphatic heterocycles. The lowest BCUT2D eigenvalue weighted by atomic mass is 10.0. The predicted octanol–water partition coefficient (Wildman–Crippen LogP) is 1.18. The first-order chi connectivity index (χ1) is 7.98. The van der Waals surface area contributed by atoms with Gasteiger partial charge in [0.1, 0.15) is 5.82 Å². The maximum absolute atomic E-state index is 10.7. The molecular formula is C11H16N4O2. The zero-order valence-corrected chi connectivity index (χ0v) is 10.0. The molecule has 17 heavy (non-hydrogen) atoms. The highest BCUT2D eigenvalue weighted by Gasteiger charge is 2.26. The first-order valence-corrected chi connectivity index (χ1v) is 5.58. The smallest absolute Gasteiger partial charge is 0.274 e. The summed E-state index contributed by atoms with van der Waals surface area (Å²) < 4.78 is 0. The van der Waals surface area contributed by atoms with Gasteiger partial charge in [0.15, 0.2) is 0 Å². The van der Waals surface area contributed by atoms with Crippen LogP contribution in [0.15, 0.2) is 18.3 Å². The molecule has 0 radical (unpaired) electrons. The maximum Gasteiger partial charge on any atom is 0.274 e. The molecule has 0 spiro atoms. The van der Waals surface area contributed by atoms with Crippen molar-refractivity contribution >= 4 is 11.5 Å². The lowest BCUT2D eigenvalue weighted by Crippen LogP contribution is -2.57.